The number of carbonyl (C=O) groups is 1. The molecular formula is C19H36NO3+. The third kappa shape index (κ3) is 3.74. The van der Waals surface area contributed by atoms with Crippen molar-refractivity contribution in [3.63, 3.8) is 0 Å². The first-order chi connectivity index (χ1) is 10.6. The van der Waals surface area contributed by atoms with Crippen LogP contribution < -0.4 is 0 Å². The molecule has 0 aromatic rings. The Balaban J connectivity index is 1.78. The van der Waals surface area contributed by atoms with E-state index in [0.29, 0.717) is 34.6 Å². The first-order valence-electron chi connectivity index (χ1n) is 9.21. The average Bonchev–Trinajstić information content (AvgIpc) is 2.77. The van der Waals surface area contributed by atoms with E-state index in [0.717, 1.165) is 25.5 Å². The highest BCUT2D eigenvalue weighted by Crippen LogP contribution is 2.66. The molecule has 0 spiro atoms. The number of esters is 1. The molecule has 0 aliphatic heterocycles. The van der Waals surface area contributed by atoms with Crippen LogP contribution >= 0.6 is 0 Å². The molecule has 4 heteroatoms. The van der Waals surface area contributed by atoms with Gasteiger partial charge in [-0.25, -0.2) is 4.79 Å². The van der Waals surface area contributed by atoms with Gasteiger partial charge in [-0.2, -0.15) is 0 Å². The van der Waals surface area contributed by atoms with Crippen LogP contribution in [0.3, 0.4) is 0 Å². The van der Waals surface area contributed by atoms with E-state index in [1.54, 1.807) is 0 Å². The van der Waals surface area contributed by atoms with Crippen molar-refractivity contribution in [2.24, 2.45) is 16.7 Å². The van der Waals surface area contributed by atoms with Crippen LogP contribution in [0.4, 0.5) is 0 Å². The maximum Gasteiger partial charge on any atom is 0.361 e. The summed E-state index contributed by atoms with van der Waals surface area (Å²) in [6, 6.07) is 0. The summed E-state index contributed by atoms with van der Waals surface area (Å²) in [7, 11) is 4.14. The van der Waals surface area contributed by atoms with Crippen molar-refractivity contribution in [1.82, 2.24) is 0 Å². The van der Waals surface area contributed by atoms with Gasteiger partial charge in [0.2, 0.25) is 0 Å². The van der Waals surface area contributed by atoms with Gasteiger partial charge in [-0.15, -0.1) is 0 Å². The molecular weight excluding hydrogens is 290 g/mol. The monoisotopic (exact) mass is 326 g/mol. The second-order valence-corrected chi connectivity index (χ2v) is 9.01. The summed E-state index contributed by atoms with van der Waals surface area (Å²) >= 11 is 0. The summed E-state index contributed by atoms with van der Waals surface area (Å²) in [4.78, 5) is 11.8. The van der Waals surface area contributed by atoms with Gasteiger partial charge in [0.05, 0.1) is 33.4 Å². The van der Waals surface area contributed by atoms with Crippen molar-refractivity contribution in [2.75, 3.05) is 40.4 Å². The predicted molar refractivity (Wildman–Crippen MR) is 92.1 cm³/mol. The first kappa shape index (κ1) is 18.7. The van der Waals surface area contributed by atoms with E-state index in [1.165, 1.54) is 19.3 Å². The summed E-state index contributed by atoms with van der Waals surface area (Å²) < 4.78 is 12.1. The Morgan fingerprint density at radius 2 is 1.91 bits per heavy atom. The van der Waals surface area contributed by atoms with Crippen molar-refractivity contribution in [3.05, 3.63) is 0 Å². The quantitative estimate of drug-likeness (QED) is 0.507. The lowest BCUT2D eigenvalue weighted by molar-refractivity contribution is -0.883. The highest BCUT2D eigenvalue weighted by Gasteiger charge is 2.61. The van der Waals surface area contributed by atoms with E-state index < -0.39 is 0 Å². The third-order valence-corrected chi connectivity index (χ3v) is 6.75. The molecule has 0 radical (unpaired) electrons. The Hall–Kier alpha value is -0.610. The van der Waals surface area contributed by atoms with Crippen LogP contribution in [0, 0.1) is 16.7 Å². The molecule has 0 amide bonds. The van der Waals surface area contributed by atoms with Crippen molar-refractivity contribution in [1.29, 1.82) is 0 Å². The van der Waals surface area contributed by atoms with Crippen LogP contribution in [0.2, 0.25) is 0 Å². The summed E-state index contributed by atoms with van der Waals surface area (Å²) in [5.41, 5.74) is 0.709. The largest absolute Gasteiger partial charge is 0.462 e. The van der Waals surface area contributed by atoms with Gasteiger partial charge < -0.3 is 14.0 Å². The Morgan fingerprint density at radius 3 is 2.43 bits per heavy atom. The van der Waals surface area contributed by atoms with Gasteiger partial charge in [-0.1, -0.05) is 27.7 Å². The van der Waals surface area contributed by atoms with Gasteiger partial charge in [0.25, 0.3) is 0 Å². The van der Waals surface area contributed by atoms with Crippen molar-refractivity contribution in [2.45, 2.75) is 59.5 Å². The molecule has 3 atom stereocenters. The van der Waals surface area contributed by atoms with E-state index >= 15 is 0 Å². The van der Waals surface area contributed by atoms with Gasteiger partial charge in [-0.05, 0) is 42.4 Å². The molecule has 2 rings (SSSR count). The minimum absolute atomic E-state index is 0.107. The number of nitrogens with zero attached hydrogens (tertiary/aromatic N) is 1. The average molecular weight is 327 g/mol. The van der Waals surface area contributed by atoms with Crippen molar-refractivity contribution < 1.29 is 18.8 Å². The molecule has 2 aliphatic carbocycles. The zero-order valence-corrected chi connectivity index (χ0v) is 16.0. The SMILES string of the molecule is CCCOC(=O)C[N+](C)(C)CCO[C@H]1C[C@H]2CC[C@@]1(C)C2(C)C. The summed E-state index contributed by atoms with van der Waals surface area (Å²) in [5.74, 6) is 0.703. The number of hydrogen-bond donors (Lipinski definition) is 0. The minimum Gasteiger partial charge on any atom is -0.462 e. The lowest BCUT2D eigenvalue weighted by atomic mass is 9.70. The molecule has 2 bridgehead atoms. The Kier molecular flexibility index (Phi) is 5.47. The molecule has 0 aromatic heterocycles. The first-order valence-corrected chi connectivity index (χ1v) is 9.21. The third-order valence-electron chi connectivity index (χ3n) is 6.75. The van der Waals surface area contributed by atoms with E-state index in [4.69, 9.17) is 9.47 Å². The smallest absolute Gasteiger partial charge is 0.361 e. The molecule has 134 valence electrons. The zero-order valence-electron chi connectivity index (χ0n) is 16.0. The van der Waals surface area contributed by atoms with Gasteiger partial charge in [-0.3, -0.25) is 0 Å². The summed E-state index contributed by atoms with van der Waals surface area (Å²) in [6.45, 7) is 11.8. The van der Waals surface area contributed by atoms with Gasteiger partial charge >= 0.3 is 5.97 Å². The van der Waals surface area contributed by atoms with Crippen LogP contribution in [0.1, 0.15) is 53.4 Å². The molecule has 2 aliphatic rings. The van der Waals surface area contributed by atoms with Crippen LogP contribution in [0.5, 0.6) is 0 Å². The predicted octanol–water partition coefficient (Wildman–Crippen LogP) is 3.25. The number of rotatable bonds is 8. The highest BCUT2D eigenvalue weighted by molar-refractivity contribution is 5.70. The second kappa shape index (κ2) is 6.72. The van der Waals surface area contributed by atoms with Crippen molar-refractivity contribution >= 4 is 5.97 Å². The zero-order chi connectivity index (χ0) is 17.3. The molecule has 2 saturated carbocycles. The topological polar surface area (TPSA) is 35.5 Å². The number of likely N-dealkylation sites (N-methyl/N-ethyl adjacent to an activating group) is 1. The van der Waals surface area contributed by atoms with E-state index in [-0.39, 0.29) is 5.97 Å². The number of quaternary nitrogens is 1. The van der Waals surface area contributed by atoms with E-state index in [1.807, 2.05) is 6.92 Å². The number of ether oxygens (including phenoxy) is 2. The Bertz CT molecular complexity index is 432. The second-order valence-electron chi connectivity index (χ2n) is 9.01. The molecule has 23 heavy (non-hydrogen) atoms. The van der Waals surface area contributed by atoms with Gasteiger partial charge in [0.15, 0.2) is 6.54 Å². The van der Waals surface area contributed by atoms with Crippen LogP contribution in [0.15, 0.2) is 0 Å². The van der Waals surface area contributed by atoms with E-state index in [2.05, 4.69) is 34.9 Å². The number of fused-ring (bicyclic) bond motifs is 2. The van der Waals surface area contributed by atoms with Gasteiger partial charge in [0.1, 0.15) is 6.54 Å². The van der Waals surface area contributed by atoms with Crippen molar-refractivity contribution in [3.8, 4) is 0 Å². The van der Waals surface area contributed by atoms with Gasteiger partial charge in [0, 0.05) is 0 Å². The summed E-state index contributed by atoms with van der Waals surface area (Å²) in [6.07, 6.45) is 5.10. The normalized spacial score (nSPS) is 32.3. The fraction of sp³-hybridized carbons (Fsp3) is 0.947. The van der Waals surface area contributed by atoms with Crippen LogP contribution in [-0.2, 0) is 14.3 Å². The summed E-state index contributed by atoms with van der Waals surface area (Å²) in [5, 5.41) is 0. The van der Waals surface area contributed by atoms with Crippen LogP contribution in [-0.4, -0.2) is 57.0 Å². The number of carbonyl (C=O) groups excluding carboxylic acids is 1. The minimum atomic E-state index is -0.107. The molecule has 0 N–H and O–H groups in total. The molecule has 0 heterocycles. The molecule has 0 aromatic carbocycles. The molecule has 0 saturated heterocycles. The fourth-order valence-electron chi connectivity index (χ4n) is 4.51. The Labute approximate surface area is 142 Å². The highest BCUT2D eigenvalue weighted by atomic mass is 16.5. The maximum absolute atomic E-state index is 11.8. The lowest BCUT2D eigenvalue weighted by Gasteiger charge is -2.39. The molecule has 4 nitrogen and oxygen atoms in total. The molecule has 2 fully saturated rings. The molecule has 0 unspecified atom stereocenters. The van der Waals surface area contributed by atoms with Crippen LogP contribution in [0.25, 0.3) is 0 Å². The lowest BCUT2D eigenvalue weighted by Crippen LogP contribution is -2.47. The standard InChI is InChI=1S/C19H36NO3/c1-7-11-23-17(21)14-20(5,6)10-12-22-16-13-15-8-9-19(16,4)18(15,2)3/h15-16H,7-14H2,1-6H3/q+1/t15-,16+,19-/m1/s1. The fourth-order valence-corrected chi connectivity index (χ4v) is 4.51. The Morgan fingerprint density at radius 1 is 1.22 bits per heavy atom. The number of hydrogen-bond acceptors (Lipinski definition) is 3. The van der Waals surface area contributed by atoms with E-state index in [9.17, 15) is 4.79 Å². The maximum atomic E-state index is 11.8.